The Morgan fingerprint density at radius 3 is 2.30 bits per heavy atom. The topological polar surface area (TPSA) is 68.0 Å². The minimum absolute atomic E-state index is 0.448. The van der Waals surface area contributed by atoms with E-state index in [9.17, 15) is 4.79 Å². The molecule has 1 fully saturated rings. The number of hydrogen-bond donors (Lipinski definition) is 1. The number of nitrogens with two attached hydrogens (primary N) is 1. The molecule has 2 N–H and O–H groups in total. The van der Waals surface area contributed by atoms with Crippen molar-refractivity contribution in [3.05, 3.63) is 54.1 Å². The van der Waals surface area contributed by atoms with Crippen molar-refractivity contribution in [2.24, 2.45) is 5.73 Å². The van der Waals surface area contributed by atoms with Crippen LogP contribution in [0.3, 0.4) is 0 Å². The quantitative estimate of drug-likeness (QED) is 0.573. The summed E-state index contributed by atoms with van der Waals surface area (Å²) in [5.41, 5.74) is 7.02. The smallest absolute Gasteiger partial charge is 0.252 e. The van der Waals surface area contributed by atoms with Gasteiger partial charge in [-0.1, -0.05) is 37.1 Å². The van der Waals surface area contributed by atoms with E-state index < -0.39 is 5.91 Å². The highest BCUT2D eigenvalue weighted by atomic mass is 16.5. The zero-order valence-electron chi connectivity index (χ0n) is 17.9. The van der Waals surface area contributed by atoms with Crippen LogP contribution >= 0.6 is 0 Å². The monoisotopic (exact) mass is 411 g/mol. The van der Waals surface area contributed by atoms with Crippen LogP contribution in [0.1, 0.15) is 36.0 Å². The number of piperazine rings is 1. The van der Waals surface area contributed by atoms with Gasteiger partial charge in [0.1, 0.15) is 11.5 Å². The maximum absolute atomic E-state index is 11.4. The summed E-state index contributed by atoms with van der Waals surface area (Å²) in [5.74, 6) is 1.08. The molecule has 0 saturated carbocycles. The number of anilines is 1. The lowest BCUT2D eigenvalue weighted by atomic mass is 10.1. The van der Waals surface area contributed by atoms with E-state index in [0.717, 1.165) is 51.3 Å². The van der Waals surface area contributed by atoms with Crippen molar-refractivity contribution in [1.82, 2.24) is 4.90 Å². The fourth-order valence-electron chi connectivity index (χ4n) is 3.87. The summed E-state index contributed by atoms with van der Waals surface area (Å²) in [5, 5.41) is 0. The fraction of sp³-hybridized carbons (Fsp3) is 0.458. The summed E-state index contributed by atoms with van der Waals surface area (Å²) in [7, 11) is 1.73. The van der Waals surface area contributed by atoms with Crippen LogP contribution in [0, 0.1) is 0 Å². The highest BCUT2D eigenvalue weighted by Crippen LogP contribution is 2.28. The number of carbonyl (C=O) groups excluding carboxylic acids is 1. The highest BCUT2D eigenvalue weighted by Gasteiger charge is 2.19. The maximum atomic E-state index is 11.4. The summed E-state index contributed by atoms with van der Waals surface area (Å²) >= 11 is 0. The van der Waals surface area contributed by atoms with Crippen LogP contribution in [0.15, 0.2) is 48.5 Å². The molecule has 0 bridgehead atoms. The predicted molar refractivity (Wildman–Crippen MR) is 121 cm³/mol. The van der Waals surface area contributed by atoms with Gasteiger partial charge in [-0.25, -0.2) is 0 Å². The van der Waals surface area contributed by atoms with Gasteiger partial charge in [0.2, 0.25) is 0 Å². The van der Waals surface area contributed by atoms with E-state index in [1.54, 1.807) is 25.3 Å². The van der Waals surface area contributed by atoms with E-state index in [0.29, 0.717) is 17.9 Å². The van der Waals surface area contributed by atoms with Gasteiger partial charge in [0, 0.05) is 26.2 Å². The lowest BCUT2D eigenvalue weighted by molar-refractivity contribution is 0.0996. The van der Waals surface area contributed by atoms with Crippen LogP contribution in [-0.2, 0) is 0 Å². The van der Waals surface area contributed by atoms with Crippen molar-refractivity contribution in [3.63, 3.8) is 0 Å². The molecule has 2 aromatic carbocycles. The molecule has 0 aliphatic carbocycles. The van der Waals surface area contributed by atoms with Gasteiger partial charge < -0.3 is 20.1 Å². The molecule has 3 rings (SSSR count). The number of primary amides is 1. The molecule has 1 amide bonds. The van der Waals surface area contributed by atoms with Gasteiger partial charge in [-0.3, -0.25) is 9.69 Å². The molecule has 1 aliphatic heterocycles. The second-order valence-electron chi connectivity index (χ2n) is 7.62. The summed E-state index contributed by atoms with van der Waals surface area (Å²) in [6.45, 7) is 6.00. The van der Waals surface area contributed by atoms with Gasteiger partial charge in [0.05, 0.1) is 25.0 Å². The largest absolute Gasteiger partial charge is 0.495 e. The van der Waals surface area contributed by atoms with Gasteiger partial charge >= 0.3 is 0 Å². The number of benzene rings is 2. The third-order valence-electron chi connectivity index (χ3n) is 5.58. The third kappa shape index (κ3) is 6.13. The van der Waals surface area contributed by atoms with Gasteiger partial charge in [-0.15, -0.1) is 0 Å². The second kappa shape index (κ2) is 11.5. The Balaban J connectivity index is 1.28. The van der Waals surface area contributed by atoms with Crippen molar-refractivity contribution in [2.75, 3.05) is 51.3 Å². The first-order valence-corrected chi connectivity index (χ1v) is 10.8. The van der Waals surface area contributed by atoms with E-state index in [-0.39, 0.29) is 0 Å². The van der Waals surface area contributed by atoms with Crippen molar-refractivity contribution in [2.45, 2.75) is 25.7 Å². The molecule has 6 heteroatoms. The number of hydrogen-bond acceptors (Lipinski definition) is 5. The summed E-state index contributed by atoms with van der Waals surface area (Å²) in [6.07, 6.45) is 4.49. The first kappa shape index (κ1) is 22.0. The van der Waals surface area contributed by atoms with E-state index in [4.69, 9.17) is 15.2 Å². The van der Waals surface area contributed by atoms with E-state index in [2.05, 4.69) is 21.9 Å². The zero-order valence-corrected chi connectivity index (χ0v) is 17.9. The number of carbonyl (C=O) groups is 1. The number of methoxy groups -OCH3 is 1. The molecule has 1 saturated heterocycles. The first-order valence-electron chi connectivity index (χ1n) is 10.8. The van der Waals surface area contributed by atoms with Crippen molar-refractivity contribution in [3.8, 4) is 11.5 Å². The van der Waals surface area contributed by atoms with Crippen LogP contribution in [0.25, 0.3) is 0 Å². The van der Waals surface area contributed by atoms with Crippen LogP contribution in [0.4, 0.5) is 5.69 Å². The van der Waals surface area contributed by atoms with Crippen molar-refractivity contribution >= 4 is 11.6 Å². The van der Waals surface area contributed by atoms with Crippen LogP contribution in [0.5, 0.6) is 11.5 Å². The molecule has 2 aromatic rings. The third-order valence-corrected chi connectivity index (χ3v) is 5.58. The Bertz CT molecular complexity index is 804. The maximum Gasteiger partial charge on any atom is 0.252 e. The Kier molecular flexibility index (Phi) is 8.39. The van der Waals surface area contributed by atoms with Gasteiger partial charge in [0.25, 0.3) is 5.91 Å². The molecule has 1 aliphatic rings. The summed E-state index contributed by atoms with van der Waals surface area (Å²) in [6, 6.07) is 15.4. The Hall–Kier alpha value is -2.73. The molecule has 162 valence electrons. The molecule has 0 atom stereocenters. The van der Waals surface area contributed by atoms with E-state index in [1.165, 1.54) is 18.5 Å². The number of rotatable bonds is 11. The molecule has 0 aromatic heterocycles. The van der Waals surface area contributed by atoms with Crippen molar-refractivity contribution in [1.29, 1.82) is 0 Å². The van der Waals surface area contributed by atoms with E-state index >= 15 is 0 Å². The van der Waals surface area contributed by atoms with Gasteiger partial charge in [0.15, 0.2) is 0 Å². The molecule has 0 spiro atoms. The number of ether oxygens (including phenoxy) is 2. The second-order valence-corrected chi connectivity index (χ2v) is 7.62. The lowest BCUT2D eigenvalue weighted by Gasteiger charge is -2.36. The molecule has 6 nitrogen and oxygen atoms in total. The normalized spacial score (nSPS) is 14.5. The molecule has 1 heterocycles. The summed E-state index contributed by atoms with van der Waals surface area (Å²) < 4.78 is 11.2. The van der Waals surface area contributed by atoms with Crippen LogP contribution < -0.4 is 20.1 Å². The number of amides is 1. The molecule has 0 radical (unpaired) electrons. The SMILES string of the molecule is COc1ccccc1N1CCN(CCCCCCOc2ccccc2C(N)=O)CC1. The van der Waals surface area contributed by atoms with Gasteiger partial charge in [-0.2, -0.15) is 0 Å². The minimum Gasteiger partial charge on any atom is -0.495 e. The van der Waals surface area contributed by atoms with E-state index in [1.807, 2.05) is 18.2 Å². The predicted octanol–water partition coefficient (Wildman–Crippen LogP) is 3.56. The molecular weight excluding hydrogens is 378 g/mol. The Morgan fingerprint density at radius 1 is 0.900 bits per heavy atom. The van der Waals surface area contributed by atoms with Gasteiger partial charge in [-0.05, 0) is 43.7 Å². The first-order chi connectivity index (χ1) is 14.7. The minimum atomic E-state index is -0.448. The fourth-order valence-corrected chi connectivity index (χ4v) is 3.87. The highest BCUT2D eigenvalue weighted by molar-refractivity contribution is 5.95. The lowest BCUT2D eigenvalue weighted by Crippen LogP contribution is -2.46. The molecule has 30 heavy (non-hydrogen) atoms. The zero-order chi connectivity index (χ0) is 21.2. The number of nitrogens with zero attached hydrogens (tertiary/aromatic N) is 2. The average molecular weight is 412 g/mol. The molecular formula is C24H33N3O3. The number of unbranched alkanes of at least 4 members (excludes halogenated alkanes) is 3. The van der Waals surface area contributed by atoms with Crippen LogP contribution in [0.2, 0.25) is 0 Å². The molecule has 0 unspecified atom stereocenters. The standard InChI is InChI=1S/C24H33N3O3/c1-29-23-13-7-5-11-21(23)27-17-15-26(16-18-27)14-8-2-3-9-19-30-22-12-6-4-10-20(22)24(25)28/h4-7,10-13H,2-3,8-9,14-19H2,1H3,(H2,25,28). The van der Waals surface area contributed by atoms with Crippen molar-refractivity contribution < 1.29 is 14.3 Å². The Labute approximate surface area is 179 Å². The number of para-hydroxylation sites is 3. The van der Waals surface area contributed by atoms with Crippen LogP contribution in [-0.4, -0.2) is 57.2 Å². The summed E-state index contributed by atoms with van der Waals surface area (Å²) in [4.78, 5) is 16.4. The average Bonchev–Trinajstić information content (AvgIpc) is 2.79. The Morgan fingerprint density at radius 2 is 1.57 bits per heavy atom.